The largest absolute Gasteiger partial charge is 0.325 e. The Labute approximate surface area is 117 Å². The molecule has 0 radical (unpaired) electrons. The zero-order chi connectivity index (χ0) is 13.9. The van der Waals surface area contributed by atoms with Crippen molar-refractivity contribution in [2.45, 2.75) is 18.6 Å². The summed E-state index contributed by atoms with van der Waals surface area (Å²) in [5, 5.41) is 2.88. The molecule has 1 amide bonds. The first-order chi connectivity index (χ1) is 8.94. The first-order valence-electron chi connectivity index (χ1n) is 6.13. The van der Waals surface area contributed by atoms with Gasteiger partial charge in [0.15, 0.2) is 9.84 Å². The summed E-state index contributed by atoms with van der Waals surface area (Å²) in [6, 6.07) is 7.60. The second-order valence-electron chi connectivity index (χ2n) is 4.75. The van der Waals surface area contributed by atoms with Crippen molar-refractivity contribution in [3.8, 4) is 0 Å². The summed E-state index contributed by atoms with van der Waals surface area (Å²) in [5.41, 5.74) is 1.87. The van der Waals surface area contributed by atoms with Crippen LogP contribution < -0.4 is 5.32 Å². The van der Waals surface area contributed by atoms with E-state index in [-0.39, 0.29) is 22.7 Å². The Morgan fingerprint density at radius 1 is 1.47 bits per heavy atom. The number of hydrogen-bond donors (Lipinski definition) is 1. The Morgan fingerprint density at radius 2 is 2.26 bits per heavy atom. The third kappa shape index (κ3) is 4.54. The fraction of sp³-hybridized carbons (Fsp3) is 0.462. The highest BCUT2D eigenvalue weighted by Crippen LogP contribution is 2.24. The first kappa shape index (κ1) is 14.4. The van der Waals surface area contributed by atoms with E-state index in [1.54, 1.807) is 0 Å². The minimum atomic E-state index is -2.86. The molecule has 1 atom stereocenters. The number of carbonyl (C=O) groups excluding carboxylic acids is 1. The standard InChI is InChI=1S/C13H17NO3S2/c1-10-3-2-4-11(7-10)14-13(15)8-18-12-5-6-19(16,17)9-12/h2-4,7,12H,5-6,8-9H2,1H3,(H,14,15)/t12-/m1/s1. The van der Waals surface area contributed by atoms with Gasteiger partial charge in [-0.3, -0.25) is 4.79 Å². The summed E-state index contributed by atoms with van der Waals surface area (Å²) in [6.07, 6.45) is 0.657. The molecular weight excluding hydrogens is 282 g/mol. The highest BCUT2D eigenvalue weighted by molar-refractivity contribution is 8.02. The number of thioether (sulfide) groups is 1. The average Bonchev–Trinajstić information content (AvgIpc) is 2.66. The molecule has 1 fully saturated rings. The second kappa shape index (κ2) is 5.96. The Hall–Kier alpha value is -1.01. The van der Waals surface area contributed by atoms with Crippen LogP contribution in [0.3, 0.4) is 0 Å². The number of hydrogen-bond acceptors (Lipinski definition) is 4. The second-order valence-corrected chi connectivity index (χ2v) is 8.27. The number of nitrogens with one attached hydrogen (secondary N) is 1. The molecule has 0 unspecified atom stereocenters. The van der Waals surface area contributed by atoms with Gasteiger partial charge in [-0.25, -0.2) is 8.42 Å². The van der Waals surface area contributed by atoms with Crippen molar-refractivity contribution < 1.29 is 13.2 Å². The van der Waals surface area contributed by atoms with Crippen LogP contribution >= 0.6 is 11.8 Å². The zero-order valence-electron chi connectivity index (χ0n) is 10.8. The van der Waals surface area contributed by atoms with Crippen molar-refractivity contribution in [3.63, 3.8) is 0 Å². The average molecular weight is 299 g/mol. The number of carbonyl (C=O) groups is 1. The summed E-state index contributed by atoms with van der Waals surface area (Å²) in [5.74, 6) is 0.674. The SMILES string of the molecule is Cc1cccc(NC(=O)CS[C@@H]2CCS(=O)(=O)C2)c1. The molecule has 0 bridgehead atoms. The first-order valence-corrected chi connectivity index (χ1v) is 9.00. The van der Waals surface area contributed by atoms with Crippen molar-refractivity contribution in [1.82, 2.24) is 0 Å². The number of anilines is 1. The van der Waals surface area contributed by atoms with Gasteiger partial charge in [0.05, 0.1) is 17.3 Å². The molecule has 0 aliphatic carbocycles. The van der Waals surface area contributed by atoms with Crippen molar-refractivity contribution in [2.75, 3.05) is 22.6 Å². The van der Waals surface area contributed by atoms with Gasteiger partial charge in [0.25, 0.3) is 0 Å². The van der Waals surface area contributed by atoms with Crippen LogP contribution in [0.4, 0.5) is 5.69 Å². The van der Waals surface area contributed by atoms with Gasteiger partial charge in [-0.1, -0.05) is 12.1 Å². The third-order valence-electron chi connectivity index (χ3n) is 2.94. The van der Waals surface area contributed by atoms with Gasteiger partial charge in [-0.2, -0.15) is 0 Å². The van der Waals surface area contributed by atoms with Crippen LogP contribution in [0.1, 0.15) is 12.0 Å². The van der Waals surface area contributed by atoms with E-state index in [2.05, 4.69) is 5.32 Å². The van der Waals surface area contributed by atoms with E-state index in [0.29, 0.717) is 12.2 Å². The van der Waals surface area contributed by atoms with Crippen LogP contribution in [-0.2, 0) is 14.6 Å². The van der Waals surface area contributed by atoms with Gasteiger partial charge >= 0.3 is 0 Å². The molecule has 6 heteroatoms. The van der Waals surface area contributed by atoms with E-state index < -0.39 is 9.84 Å². The lowest BCUT2D eigenvalue weighted by Gasteiger charge is -2.08. The number of rotatable bonds is 4. The van der Waals surface area contributed by atoms with Gasteiger partial charge in [-0.05, 0) is 31.0 Å². The number of aryl methyl sites for hydroxylation is 1. The Kier molecular flexibility index (Phi) is 4.52. The molecule has 1 aliphatic rings. The van der Waals surface area contributed by atoms with E-state index in [4.69, 9.17) is 0 Å². The van der Waals surface area contributed by atoms with Gasteiger partial charge in [0.1, 0.15) is 0 Å². The molecule has 1 aliphatic heterocycles. The normalized spacial score (nSPS) is 21.2. The Morgan fingerprint density at radius 3 is 2.89 bits per heavy atom. The lowest BCUT2D eigenvalue weighted by molar-refractivity contribution is -0.113. The van der Waals surface area contributed by atoms with Crippen LogP contribution in [0.15, 0.2) is 24.3 Å². The topological polar surface area (TPSA) is 63.2 Å². The molecule has 1 N–H and O–H groups in total. The molecule has 0 spiro atoms. The fourth-order valence-corrected chi connectivity index (χ4v) is 5.45. The molecule has 1 aromatic carbocycles. The van der Waals surface area contributed by atoms with Crippen LogP contribution in [0.5, 0.6) is 0 Å². The number of benzene rings is 1. The molecule has 4 nitrogen and oxygen atoms in total. The van der Waals surface area contributed by atoms with Gasteiger partial charge in [-0.15, -0.1) is 11.8 Å². The van der Waals surface area contributed by atoms with Crippen LogP contribution in [-0.4, -0.2) is 36.8 Å². The predicted molar refractivity (Wildman–Crippen MR) is 79.3 cm³/mol. The summed E-state index contributed by atoms with van der Waals surface area (Å²) in [7, 11) is -2.86. The predicted octanol–water partition coefficient (Wildman–Crippen LogP) is 1.85. The summed E-state index contributed by atoms with van der Waals surface area (Å²) >= 11 is 1.43. The lowest BCUT2D eigenvalue weighted by Crippen LogP contribution is -2.17. The van der Waals surface area contributed by atoms with E-state index in [1.165, 1.54) is 11.8 Å². The quantitative estimate of drug-likeness (QED) is 0.921. The van der Waals surface area contributed by atoms with Crippen LogP contribution in [0, 0.1) is 6.92 Å². The molecular formula is C13H17NO3S2. The van der Waals surface area contributed by atoms with Crippen LogP contribution in [0.2, 0.25) is 0 Å². The summed E-state index contributed by atoms with van der Waals surface area (Å²) in [4.78, 5) is 11.8. The smallest absolute Gasteiger partial charge is 0.234 e. The maximum atomic E-state index is 11.8. The molecule has 1 saturated heterocycles. The molecule has 2 rings (SSSR count). The van der Waals surface area contributed by atoms with Crippen molar-refractivity contribution in [2.24, 2.45) is 0 Å². The van der Waals surface area contributed by atoms with E-state index in [0.717, 1.165) is 11.3 Å². The molecule has 0 saturated carbocycles. The maximum absolute atomic E-state index is 11.8. The van der Waals surface area contributed by atoms with Gasteiger partial charge in [0, 0.05) is 10.9 Å². The molecule has 104 valence electrons. The van der Waals surface area contributed by atoms with Gasteiger partial charge < -0.3 is 5.32 Å². The van der Waals surface area contributed by atoms with Crippen molar-refractivity contribution in [1.29, 1.82) is 0 Å². The monoisotopic (exact) mass is 299 g/mol. The minimum absolute atomic E-state index is 0.0632. The highest BCUT2D eigenvalue weighted by Gasteiger charge is 2.28. The van der Waals surface area contributed by atoms with E-state index in [9.17, 15) is 13.2 Å². The zero-order valence-corrected chi connectivity index (χ0v) is 12.4. The molecule has 19 heavy (non-hydrogen) atoms. The molecule has 0 aromatic heterocycles. The maximum Gasteiger partial charge on any atom is 0.234 e. The Bertz CT molecular complexity index is 569. The fourth-order valence-electron chi connectivity index (χ4n) is 2.01. The third-order valence-corrected chi connectivity index (χ3v) is 6.22. The van der Waals surface area contributed by atoms with Crippen LogP contribution in [0.25, 0.3) is 0 Å². The Balaban J connectivity index is 1.79. The summed E-state index contributed by atoms with van der Waals surface area (Å²) < 4.78 is 22.6. The van der Waals surface area contributed by atoms with E-state index >= 15 is 0 Å². The van der Waals surface area contributed by atoms with Crippen molar-refractivity contribution in [3.05, 3.63) is 29.8 Å². The van der Waals surface area contributed by atoms with Gasteiger partial charge in [0.2, 0.25) is 5.91 Å². The molecule has 1 heterocycles. The highest BCUT2D eigenvalue weighted by atomic mass is 32.2. The lowest BCUT2D eigenvalue weighted by atomic mass is 10.2. The number of sulfone groups is 1. The number of amides is 1. The summed E-state index contributed by atoms with van der Waals surface area (Å²) in [6.45, 7) is 1.97. The van der Waals surface area contributed by atoms with E-state index in [1.807, 2.05) is 31.2 Å². The molecule has 1 aromatic rings. The minimum Gasteiger partial charge on any atom is -0.325 e. The van der Waals surface area contributed by atoms with Crippen molar-refractivity contribution >= 4 is 33.2 Å².